The maximum Gasteiger partial charge on any atom is 0.0376 e. The number of likely N-dealkylation sites (N-methyl/N-ethyl adjacent to an activating group) is 2. The summed E-state index contributed by atoms with van der Waals surface area (Å²) in [4.78, 5) is 5.02. The van der Waals surface area contributed by atoms with Crippen LogP contribution in [0.1, 0.15) is 39.5 Å². The van der Waals surface area contributed by atoms with Gasteiger partial charge >= 0.3 is 0 Å². The van der Waals surface area contributed by atoms with E-state index in [0.29, 0.717) is 12.1 Å². The summed E-state index contributed by atoms with van der Waals surface area (Å²) in [5.41, 5.74) is 1.37. The third kappa shape index (κ3) is 5.64. The molecule has 2 atom stereocenters. The monoisotopic (exact) mass is 267 g/mol. The molecule has 0 aliphatic carbocycles. The van der Waals surface area contributed by atoms with Crippen LogP contribution in [0.3, 0.4) is 0 Å². The first-order valence-corrected chi connectivity index (χ1v) is 7.87. The van der Waals surface area contributed by atoms with Gasteiger partial charge in [-0.15, -0.1) is 0 Å². The lowest BCUT2D eigenvalue weighted by atomic mass is 9.97. The Morgan fingerprint density at radius 2 is 2.05 bits per heavy atom. The zero-order chi connectivity index (χ0) is 14.3. The van der Waals surface area contributed by atoms with E-state index in [1.165, 1.54) is 31.5 Å². The maximum absolute atomic E-state index is 4.21. The average molecular weight is 267 g/mol. The van der Waals surface area contributed by atoms with Crippen LogP contribution in [0.15, 0.2) is 12.2 Å². The minimum Gasteiger partial charge on any atom is -0.312 e. The largest absolute Gasteiger partial charge is 0.312 e. The van der Waals surface area contributed by atoms with Crippen molar-refractivity contribution in [2.75, 3.05) is 40.3 Å². The average Bonchev–Trinajstić information content (AvgIpc) is 2.56. The van der Waals surface area contributed by atoms with Crippen LogP contribution in [-0.4, -0.2) is 62.2 Å². The molecule has 112 valence electrons. The van der Waals surface area contributed by atoms with Crippen LogP contribution in [0, 0.1) is 0 Å². The van der Waals surface area contributed by atoms with Gasteiger partial charge in [-0.2, -0.15) is 0 Å². The topological polar surface area (TPSA) is 18.5 Å². The molecule has 19 heavy (non-hydrogen) atoms. The van der Waals surface area contributed by atoms with E-state index in [9.17, 15) is 0 Å². The molecule has 1 saturated heterocycles. The molecule has 1 rings (SSSR count). The molecule has 3 heteroatoms. The van der Waals surface area contributed by atoms with Gasteiger partial charge in [0.1, 0.15) is 0 Å². The zero-order valence-corrected chi connectivity index (χ0v) is 13.4. The Morgan fingerprint density at radius 1 is 1.32 bits per heavy atom. The standard InChI is InChI=1S/C16H33N3/c1-6-9-17-15(12-14(3)7-2)16-13-18(4)10-8-11-19(16)5/h15-17H,3,6-13H2,1-2,4-5H3. The second-order valence-corrected chi connectivity index (χ2v) is 6.03. The lowest BCUT2D eigenvalue weighted by Crippen LogP contribution is -2.52. The van der Waals surface area contributed by atoms with E-state index in [1.54, 1.807) is 0 Å². The highest BCUT2D eigenvalue weighted by molar-refractivity contribution is 5.01. The molecular formula is C16H33N3. The molecule has 0 aromatic rings. The second kappa shape index (κ2) is 8.72. The molecule has 0 aromatic heterocycles. The van der Waals surface area contributed by atoms with Crippen molar-refractivity contribution in [3.8, 4) is 0 Å². The van der Waals surface area contributed by atoms with Gasteiger partial charge in [-0.3, -0.25) is 0 Å². The first kappa shape index (κ1) is 16.7. The van der Waals surface area contributed by atoms with Crippen LogP contribution in [0.2, 0.25) is 0 Å². The fourth-order valence-electron chi connectivity index (χ4n) is 2.87. The molecule has 0 radical (unpaired) electrons. The highest BCUT2D eigenvalue weighted by Gasteiger charge is 2.28. The Kier molecular flexibility index (Phi) is 7.66. The predicted octanol–water partition coefficient (Wildman–Crippen LogP) is 2.35. The highest BCUT2D eigenvalue weighted by Crippen LogP contribution is 2.17. The molecule has 1 fully saturated rings. The van der Waals surface area contributed by atoms with E-state index in [2.05, 4.69) is 49.6 Å². The van der Waals surface area contributed by atoms with E-state index in [1.807, 2.05) is 0 Å². The molecule has 0 aromatic carbocycles. The smallest absolute Gasteiger partial charge is 0.0376 e. The minimum absolute atomic E-state index is 0.540. The van der Waals surface area contributed by atoms with Crippen LogP contribution in [0.5, 0.6) is 0 Å². The van der Waals surface area contributed by atoms with E-state index >= 15 is 0 Å². The Morgan fingerprint density at radius 3 is 2.68 bits per heavy atom. The SMILES string of the molecule is C=C(CC)CC(NCCC)C1CN(C)CCCN1C. The summed E-state index contributed by atoms with van der Waals surface area (Å²) >= 11 is 0. The molecule has 0 bridgehead atoms. The van der Waals surface area contributed by atoms with Crippen molar-refractivity contribution in [1.29, 1.82) is 0 Å². The molecule has 1 heterocycles. The summed E-state index contributed by atoms with van der Waals surface area (Å²) in [5.74, 6) is 0. The van der Waals surface area contributed by atoms with Gasteiger partial charge in [-0.25, -0.2) is 0 Å². The van der Waals surface area contributed by atoms with Crippen molar-refractivity contribution in [1.82, 2.24) is 15.1 Å². The van der Waals surface area contributed by atoms with Gasteiger partial charge in [0, 0.05) is 18.6 Å². The first-order chi connectivity index (χ1) is 9.08. The van der Waals surface area contributed by atoms with Crippen molar-refractivity contribution in [3.05, 3.63) is 12.2 Å². The van der Waals surface area contributed by atoms with E-state index < -0.39 is 0 Å². The Labute approximate surface area is 120 Å². The Bertz CT molecular complexity index is 265. The van der Waals surface area contributed by atoms with Crippen molar-refractivity contribution in [3.63, 3.8) is 0 Å². The number of hydrogen-bond donors (Lipinski definition) is 1. The zero-order valence-electron chi connectivity index (χ0n) is 13.4. The van der Waals surface area contributed by atoms with Crippen molar-refractivity contribution < 1.29 is 0 Å². The van der Waals surface area contributed by atoms with Crippen LogP contribution in [0.4, 0.5) is 0 Å². The third-order valence-corrected chi connectivity index (χ3v) is 4.25. The summed E-state index contributed by atoms with van der Waals surface area (Å²) in [6.45, 7) is 13.4. The van der Waals surface area contributed by atoms with E-state index in [0.717, 1.165) is 25.9 Å². The number of nitrogens with one attached hydrogen (secondary N) is 1. The molecular weight excluding hydrogens is 234 g/mol. The van der Waals surface area contributed by atoms with Crippen molar-refractivity contribution in [2.24, 2.45) is 0 Å². The molecule has 1 N–H and O–H groups in total. The number of rotatable bonds is 7. The summed E-state index contributed by atoms with van der Waals surface area (Å²) in [7, 11) is 4.52. The van der Waals surface area contributed by atoms with Crippen LogP contribution < -0.4 is 5.32 Å². The lowest BCUT2D eigenvalue weighted by Gasteiger charge is -2.35. The molecule has 1 aliphatic rings. The summed E-state index contributed by atoms with van der Waals surface area (Å²) in [6, 6.07) is 1.14. The van der Waals surface area contributed by atoms with E-state index in [4.69, 9.17) is 0 Å². The molecule has 0 saturated carbocycles. The van der Waals surface area contributed by atoms with Gasteiger partial charge < -0.3 is 15.1 Å². The van der Waals surface area contributed by atoms with Crippen LogP contribution in [0.25, 0.3) is 0 Å². The molecule has 0 spiro atoms. The van der Waals surface area contributed by atoms with E-state index in [-0.39, 0.29) is 0 Å². The number of hydrogen-bond acceptors (Lipinski definition) is 3. The predicted molar refractivity (Wildman–Crippen MR) is 84.7 cm³/mol. The summed E-state index contributed by atoms with van der Waals surface area (Å²) < 4.78 is 0. The quantitative estimate of drug-likeness (QED) is 0.714. The molecule has 2 unspecified atom stereocenters. The maximum atomic E-state index is 4.21. The number of nitrogens with zero attached hydrogens (tertiary/aromatic N) is 2. The Balaban J connectivity index is 2.70. The van der Waals surface area contributed by atoms with Gasteiger partial charge in [0.05, 0.1) is 0 Å². The molecule has 0 amide bonds. The van der Waals surface area contributed by atoms with Crippen molar-refractivity contribution >= 4 is 0 Å². The summed E-state index contributed by atoms with van der Waals surface area (Å²) in [5, 5.41) is 3.75. The van der Waals surface area contributed by atoms with Gasteiger partial charge in [0.25, 0.3) is 0 Å². The van der Waals surface area contributed by atoms with Gasteiger partial charge in [-0.05, 0) is 59.4 Å². The van der Waals surface area contributed by atoms with Gasteiger partial charge in [0.15, 0.2) is 0 Å². The fourth-order valence-corrected chi connectivity index (χ4v) is 2.87. The minimum atomic E-state index is 0.540. The highest BCUT2D eigenvalue weighted by atomic mass is 15.2. The third-order valence-electron chi connectivity index (χ3n) is 4.25. The van der Waals surface area contributed by atoms with Crippen LogP contribution >= 0.6 is 0 Å². The lowest BCUT2D eigenvalue weighted by molar-refractivity contribution is 0.176. The molecule has 1 aliphatic heterocycles. The normalized spacial score (nSPS) is 24.1. The van der Waals surface area contributed by atoms with Crippen LogP contribution in [-0.2, 0) is 0 Å². The second-order valence-electron chi connectivity index (χ2n) is 6.03. The van der Waals surface area contributed by atoms with Crippen molar-refractivity contribution in [2.45, 2.75) is 51.6 Å². The Hall–Kier alpha value is -0.380. The summed E-state index contributed by atoms with van der Waals surface area (Å²) in [6.07, 6.45) is 4.68. The molecule has 3 nitrogen and oxygen atoms in total. The fraction of sp³-hybridized carbons (Fsp3) is 0.875. The van der Waals surface area contributed by atoms with Gasteiger partial charge in [-0.1, -0.05) is 26.0 Å². The first-order valence-electron chi connectivity index (χ1n) is 7.87. The van der Waals surface area contributed by atoms with Gasteiger partial charge in [0.2, 0.25) is 0 Å².